The number of aliphatic hydroxyl groups excluding tert-OH is 2. The molecule has 1 aliphatic heterocycles. The van der Waals surface area contributed by atoms with Crippen LogP contribution >= 0.6 is 0 Å². The van der Waals surface area contributed by atoms with Gasteiger partial charge in [0.05, 0.1) is 12.7 Å². The second-order valence-corrected chi connectivity index (χ2v) is 4.18. The van der Waals surface area contributed by atoms with Crippen molar-refractivity contribution in [2.24, 2.45) is 0 Å². The summed E-state index contributed by atoms with van der Waals surface area (Å²) in [4.78, 5) is 15.2. The lowest BCUT2D eigenvalue weighted by molar-refractivity contribution is -0.0973. The van der Waals surface area contributed by atoms with E-state index in [1.165, 1.54) is 22.9 Å². The average Bonchev–Trinajstić information content (AvgIpc) is 2.67. The summed E-state index contributed by atoms with van der Waals surface area (Å²) in [6.07, 6.45) is 1.31. The van der Waals surface area contributed by atoms with Crippen LogP contribution in [0, 0.1) is 0 Å². The molecular weight excluding hydrogens is 238 g/mol. The Morgan fingerprint density at radius 1 is 1.78 bits per heavy atom. The summed E-state index contributed by atoms with van der Waals surface area (Å²) in [6, 6.07) is 1.46. The Morgan fingerprint density at radius 3 is 3.00 bits per heavy atom. The van der Waals surface area contributed by atoms with Gasteiger partial charge in [0, 0.05) is 12.6 Å². The molecule has 0 saturated carbocycles. The van der Waals surface area contributed by atoms with Gasteiger partial charge in [-0.3, -0.25) is 4.57 Å². The standard InChI is InChI=1S/C11H15N3O4/c1-2-11(6-15)7(16)5-9(18-11)14-4-3-8(12)13-10(14)17/h2-4,7,9,15-16H,1,5-6H2,(H2,12,13,17)/t7-,9?,11+/m0/s1. The van der Waals surface area contributed by atoms with Crippen molar-refractivity contribution in [1.29, 1.82) is 0 Å². The number of nitrogens with two attached hydrogens (primary N) is 1. The van der Waals surface area contributed by atoms with Crippen LogP contribution in [0.25, 0.3) is 0 Å². The molecule has 1 aromatic rings. The number of hydrogen-bond acceptors (Lipinski definition) is 6. The van der Waals surface area contributed by atoms with E-state index in [2.05, 4.69) is 11.6 Å². The second kappa shape index (κ2) is 4.52. The molecule has 1 aromatic heterocycles. The van der Waals surface area contributed by atoms with Crippen LogP contribution in [0.5, 0.6) is 0 Å². The fourth-order valence-corrected chi connectivity index (χ4v) is 1.98. The van der Waals surface area contributed by atoms with Gasteiger partial charge in [0.15, 0.2) is 0 Å². The lowest BCUT2D eigenvalue weighted by Crippen LogP contribution is -2.41. The molecule has 0 bridgehead atoms. The van der Waals surface area contributed by atoms with Crippen LogP contribution in [-0.2, 0) is 4.74 Å². The van der Waals surface area contributed by atoms with Gasteiger partial charge in [-0.05, 0) is 6.07 Å². The number of hydrogen-bond donors (Lipinski definition) is 3. The fourth-order valence-electron chi connectivity index (χ4n) is 1.98. The van der Waals surface area contributed by atoms with Crippen molar-refractivity contribution >= 4 is 5.82 Å². The van der Waals surface area contributed by atoms with Crippen molar-refractivity contribution in [3.63, 3.8) is 0 Å². The minimum Gasteiger partial charge on any atom is -0.393 e. The van der Waals surface area contributed by atoms with Crippen LogP contribution in [0.1, 0.15) is 12.6 Å². The molecule has 7 heteroatoms. The SMILES string of the molecule is C=C[C@]1(CO)OC(n2ccc(N)nc2=O)C[C@@H]1O. The number of nitrogens with zero attached hydrogens (tertiary/aromatic N) is 2. The maximum Gasteiger partial charge on any atom is 0.351 e. The van der Waals surface area contributed by atoms with Gasteiger partial charge < -0.3 is 20.7 Å². The van der Waals surface area contributed by atoms with Crippen molar-refractivity contribution in [2.75, 3.05) is 12.3 Å². The van der Waals surface area contributed by atoms with Crippen molar-refractivity contribution in [3.05, 3.63) is 35.4 Å². The highest BCUT2D eigenvalue weighted by Crippen LogP contribution is 2.36. The fraction of sp³-hybridized carbons (Fsp3) is 0.455. The zero-order valence-corrected chi connectivity index (χ0v) is 9.69. The molecule has 7 nitrogen and oxygen atoms in total. The van der Waals surface area contributed by atoms with Gasteiger partial charge in [-0.15, -0.1) is 6.58 Å². The first-order valence-electron chi connectivity index (χ1n) is 5.47. The van der Waals surface area contributed by atoms with Gasteiger partial charge in [0.25, 0.3) is 0 Å². The van der Waals surface area contributed by atoms with E-state index in [1.807, 2.05) is 0 Å². The molecule has 1 saturated heterocycles. The highest BCUT2D eigenvalue weighted by Gasteiger charge is 2.46. The van der Waals surface area contributed by atoms with Crippen LogP contribution in [0.15, 0.2) is 29.7 Å². The van der Waals surface area contributed by atoms with Crippen molar-refractivity contribution in [1.82, 2.24) is 9.55 Å². The molecule has 0 aliphatic carbocycles. The van der Waals surface area contributed by atoms with Crippen LogP contribution in [-0.4, -0.2) is 38.1 Å². The number of nitrogen functional groups attached to an aromatic ring is 1. The lowest BCUT2D eigenvalue weighted by Gasteiger charge is -2.26. The summed E-state index contributed by atoms with van der Waals surface area (Å²) in [5.41, 5.74) is 3.58. The van der Waals surface area contributed by atoms with Crippen LogP contribution in [0.3, 0.4) is 0 Å². The van der Waals surface area contributed by atoms with Crippen LogP contribution in [0.2, 0.25) is 0 Å². The molecule has 2 rings (SSSR count). The third kappa shape index (κ3) is 1.92. The molecule has 4 N–H and O–H groups in total. The minimum absolute atomic E-state index is 0.118. The van der Waals surface area contributed by atoms with Gasteiger partial charge in [0.1, 0.15) is 17.6 Å². The Morgan fingerprint density at radius 2 is 2.50 bits per heavy atom. The molecule has 3 atom stereocenters. The molecule has 1 unspecified atom stereocenters. The number of anilines is 1. The third-order valence-electron chi connectivity index (χ3n) is 3.10. The van der Waals surface area contributed by atoms with Gasteiger partial charge in [-0.25, -0.2) is 4.79 Å². The Bertz CT molecular complexity index is 515. The lowest BCUT2D eigenvalue weighted by atomic mass is 9.98. The zero-order chi connectivity index (χ0) is 13.3. The molecule has 98 valence electrons. The highest BCUT2D eigenvalue weighted by atomic mass is 16.6. The first-order valence-corrected chi connectivity index (χ1v) is 5.47. The number of aliphatic hydroxyl groups is 2. The predicted octanol–water partition coefficient (Wildman–Crippen LogP) is -0.978. The first-order chi connectivity index (χ1) is 8.52. The smallest absolute Gasteiger partial charge is 0.351 e. The molecule has 18 heavy (non-hydrogen) atoms. The third-order valence-corrected chi connectivity index (χ3v) is 3.10. The monoisotopic (exact) mass is 253 g/mol. The Labute approximate surface area is 103 Å². The summed E-state index contributed by atoms with van der Waals surface area (Å²) < 4.78 is 6.75. The quantitative estimate of drug-likeness (QED) is 0.597. The highest BCUT2D eigenvalue weighted by molar-refractivity contribution is 5.23. The van der Waals surface area contributed by atoms with Gasteiger partial charge >= 0.3 is 5.69 Å². The average molecular weight is 253 g/mol. The van der Waals surface area contributed by atoms with Gasteiger partial charge in [0.2, 0.25) is 0 Å². The summed E-state index contributed by atoms with van der Waals surface area (Å²) >= 11 is 0. The number of rotatable bonds is 3. The molecule has 1 aliphatic rings. The molecule has 0 amide bonds. The zero-order valence-electron chi connectivity index (χ0n) is 9.69. The summed E-state index contributed by atoms with van der Waals surface area (Å²) in [6.45, 7) is 3.12. The normalized spacial score (nSPS) is 31.4. The van der Waals surface area contributed by atoms with E-state index in [0.29, 0.717) is 0 Å². The number of ether oxygens (including phenoxy) is 1. The minimum atomic E-state index is -1.24. The molecule has 0 aromatic carbocycles. The van der Waals surface area contributed by atoms with E-state index in [-0.39, 0.29) is 12.2 Å². The van der Waals surface area contributed by atoms with E-state index in [4.69, 9.17) is 10.5 Å². The van der Waals surface area contributed by atoms with Crippen molar-refractivity contribution in [3.8, 4) is 0 Å². The van der Waals surface area contributed by atoms with Gasteiger partial charge in [-0.1, -0.05) is 6.08 Å². The largest absolute Gasteiger partial charge is 0.393 e. The summed E-state index contributed by atoms with van der Waals surface area (Å²) in [5, 5.41) is 19.2. The van der Waals surface area contributed by atoms with E-state index in [1.54, 1.807) is 0 Å². The Kier molecular flexibility index (Phi) is 3.20. The van der Waals surface area contributed by atoms with Crippen LogP contribution < -0.4 is 11.4 Å². The van der Waals surface area contributed by atoms with Crippen molar-refractivity contribution < 1.29 is 14.9 Å². The van der Waals surface area contributed by atoms with E-state index in [0.717, 1.165) is 0 Å². The topological polar surface area (TPSA) is 111 Å². The van der Waals surface area contributed by atoms with Gasteiger partial charge in [-0.2, -0.15) is 4.98 Å². The summed E-state index contributed by atoms with van der Waals surface area (Å²) in [5.74, 6) is 0.118. The number of aromatic nitrogens is 2. The van der Waals surface area contributed by atoms with Crippen LogP contribution in [0.4, 0.5) is 5.82 Å². The maximum absolute atomic E-state index is 11.6. The van der Waals surface area contributed by atoms with Crippen molar-refractivity contribution in [2.45, 2.75) is 24.4 Å². The Hall–Kier alpha value is -1.70. The molecule has 1 fully saturated rings. The van der Waals surface area contributed by atoms with E-state index in [9.17, 15) is 15.0 Å². The Balaban J connectivity index is 2.32. The second-order valence-electron chi connectivity index (χ2n) is 4.18. The summed E-state index contributed by atoms with van der Waals surface area (Å²) in [7, 11) is 0. The molecule has 0 spiro atoms. The van der Waals surface area contributed by atoms with E-state index >= 15 is 0 Å². The van der Waals surface area contributed by atoms with E-state index < -0.39 is 30.2 Å². The first kappa shape index (κ1) is 12.7. The predicted molar refractivity (Wildman–Crippen MR) is 63.7 cm³/mol. The maximum atomic E-state index is 11.6. The molecule has 0 radical (unpaired) electrons. The molecule has 2 heterocycles. The molecular formula is C11H15N3O4.